The molecular weight excluding hydrogens is 206 g/mol. The Bertz CT molecular complexity index is 206. The van der Waals surface area contributed by atoms with E-state index in [0.29, 0.717) is 13.2 Å². The van der Waals surface area contributed by atoms with Gasteiger partial charge in [0.05, 0.1) is 6.61 Å². The zero-order valence-electron chi connectivity index (χ0n) is 9.47. The molecule has 15 heavy (non-hydrogen) atoms. The van der Waals surface area contributed by atoms with Gasteiger partial charge in [0.15, 0.2) is 0 Å². The van der Waals surface area contributed by atoms with Crippen LogP contribution in [0.3, 0.4) is 0 Å². The second kappa shape index (κ2) is 6.17. The summed E-state index contributed by atoms with van der Waals surface area (Å²) in [6.07, 6.45) is 0. The van der Waals surface area contributed by atoms with Gasteiger partial charge in [-0.05, 0) is 20.4 Å². The van der Waals surface area contributed by atoms with Crippen LogP contribution < -0.4 is 0 Å². The van der Waals surface area contributed by atoms with Crippen molar-refractivity contribution in [1.29, 1.82) is 0 Å². The highest BCUT2D eigenvalue weighted by Gasteiger charge is 2.28. The highest BCUT2D eigenvalue weighted by Crippen LogP contribution is 2.19. The van der Waals surface area contributed by atoms with Gasteiger partial charge in [-0.15, -0.1) is 12.1 Å². The number of hydrogen-bond donors (Lipinski definition) is 0. The zero-order valence-corrected chi connectivity index (χ0v) is 9.47. The van der Waals surface area contributed by atoms with Crippen LogP contribution in [0.5, 0.6) is 0 Å². The van der Waals surface area contributed by atoms with Crippen LogP contribution in [0.1, 0.15) is 13.8 Å². The van der Waals surface area contributed by atoms with E-state index in [4.69, 9.17) is 4.74 Å². The fourth-order valence-corrected chi connectivity index (χ4v) is 1.09. The summed E-state index contributed by atoms with van der Waals surface area (Å²) >= 11 is 0. The van der Waals surface area contributed by atoms with Crippen LogP contribution in [0.25, 0.3) is 0 Å². The van der Waals surface area contributed by atoms with Gasteiger partial charge in [-0.25, -0.2) is 0 Å². The lowest BCUT2D eigenvalue weighted by atomic mass is 9.80. The molecule has 0 aromatic heterocycles. The van der Waals surface area contributed by atoms with Crippen molar-refractivity contribution in [2.45, 2.75) is 19.9 Å². The van der Waals surface area contributed by atoms with Crippen molar-refractivity contribution in [2.24, 2.45) is 0 Å². The maximum Gasteiger partial charge on any atom is 0.506 e. The van der Waals surface area contributed by atoms with Crippen LogP contribution in [-0.4, -0.2) is 44.7 Å². The van der Waals surface area contributed by atoms with Crippen molar-refractivity contribution in [3.05, 3.63) is 12.1 Å². The normalized spacial score (nSPS) is 12.5. The molecule has 2 nitrogen and oxygen atoms in total. The average molecular weight is 224 g/mol. The molecule has 0 rings (SSSR count). The first-order valence-corrected chi connectivity index (χ1v) is 4.89. The first kappa shape index (κ1) is 14.5. The van der Waals surface area contributed by atoms with E-state index in [1.165, 1.54) is 7.11 Å². The predicted molar refractivity (Wildman–Crippen MR) is 56.8 cm³/mol. The van der Waals surface area contributed by atoms with Gasteiger partial charge in [0.2, 0.25) is 0 Å². The summed E-state index contributed by atoms with van der Waals surface area (Å²) in [6.45, 7) is 2.64. The van der Waals surface area contributed by atoms with Gasteiger partial charge >= 0.3 is 6.98 Å². The summed E-state index contributed by atoms with van der Waals surface area (Å²) < 4.78 is 41.7. The van der Waals surface area contributed by atoms with Crippen molar-refractivity contribution >= 4 is 6.98 Å². The van der Waals surface area contributed by atoms with Gasteiger partial charge in [-0.2, -0.15) is 0 Å². The number of rotatable bonds is 7. The van der Waals surface area contributed by atoms with E-state index < -0.39 is 12.4 Å². The quantitative estimate of drug-likeness (QED) is 0.615. The SMILES string of the molecule is C=C(CN(CCOC)C(C)C)[B-](F)(F)F. The van der Waals surface area contributed by atoms with E-state index in [1.807, 2.05) is 13.8 Å². The molecular formula is C9H18BF3NO-. The maximum atomic E-state index is 12.3. The van der Waals surface area contributed by atoms with E-state index in [1.54, 1.807) is 4.90 Å². The molecule has 0 saturated carbocycles. The van der Waals surface area contributed by atoms with Crippen LogP contribution in [0.4, 0.5) is 12.9 Å². The number of hydrogen-bond acceptors (Lipinski definition) is 2. The molecule has 0 radical (unpaired) electrons. The molecule has 0 N–H and O–H groups in total. The molecule has 90 valence electrons. The second-order valence-corrected chi connectivity index (χ2v) is 3.79. The molecule has 0 saturated heterocycles. The van der Waals surface area contributed by atoms with Crippen LogP contribution in [0.15, 0.2) is 12.1 Å². The smallest absolute Gasteiger partial charge is 0.445 e. The van der Waals surface area contributed by atoms with E-state index in [-0.39, 0.29) is 12.6 Å². The molecule has 0 fully saturated rings. The lowest BCUT2D eigenvalue weighted by molar-refractivity contribution is 0.136. The molecule has 0 amide bonds. The fraction of sp³-hybridized carbons (Fsp3) is 0.778. The Balaban J connectivity index is 4.23. The fourth-order valence-electron chi connectivity index (χ4n) is 1.09. The van der Waals surface area contributed by atoms with Crippen LogP contribution in [-0.2, 0) is 4.74 Å². The van der Waals surface area contributed by atoms with Crippen molar-refractivity contribution in [1.82, 2.24) is 4.90 Å². The third-order valence-electron chi connectivity index (χ3n) is 2.18. The minimum Gasteiger partial charge on any atom is -0.445 e. The van der Waals surface area contributed by atoms with E-state index >= 15 is 0 Å². The predicted octanol–water partition coefficient (Wildman–Crippen LogP) is 2.29. The Morgan fingerprint density at radius 1 is 1.40 bits per heavy atom. The third-order valence-corrected chi connectivity index (χ3v) is 2.18. The number of ether oxygens (including phenoxy) is 1. The molecule has 0 heterocycles. The minimum absolute atomic E-state index is 0.0510. The first-order valence-electron chi connectivity index (χ1n) is 4.89. The molecule has 0 aliphatic rings. The van der Waals surface area contributed by atoms with Crippen molar-refractivity contribution in [2.75, 3.05) is 26.8 Å². The molecule has 6 heteroatoms. The van der Waals surface area contributed by atoms with Crippen molar-refractivity contribution < 1.29 is 17.7 Å². The molecule has 0 aromatic rings. The van der Waals surface area contributed by atoms with Crippen LogP contribution in [0, 0.1) is 0 Å². The van der Waals surface area contributed by atoms with Gasteiger partial charge in [0.25, 0.3) is 0 Å². The molecule has 0 unspecified atom stereocenters. The van der Waals surface area contributed by atoms with Gasteiger partial charge in [0.1, 0.15) is 0 Å². The van der Waals surface area contributed by atoms with Crippen LogP contribution >= 0.6 is 0 Å². The summed E-state index contributed by atoms with van der Waals surface area (Å²) in [6, 6.07) is 0.0510. The summed E-state index contributed by atoms with van der Waals surface area (Å²) in [5.74, 6) is 0. The Morgan fingerprint density at radius 2 is 1.93 bits per heavy atom. The van der Waals surface area contributed by atoms with Gasteiger partial charge < -0.3 is 17.7 Å². The average Bonchev–Trinajstić information content (AvgIpc) is 2.09. The Morgan fingerprint density at radius 3 is 2.27 bits per heavy atom. The van der Waals surface area contributed by atoms with Gasteiger partial charge in [-0.3, -0.25) is 4.90 Å². The van der Waals surface area contributed by atoms with E-state index in [9.17, 15) is 12.9 Å². The minimum atomic E-state index is -4.93. The zero-order chi connectivity index (χ0) is 12.1. The molecule has 0 aromatic carbocycles. The van der Waals surface area contributed by atoms with Crippen LogP contribution in [0.2, 0.25) is 0 Å². The largest absolute Gasteiger partial charge is 0.506 e. The summed E-state index contributed by atoms with van der Waals surface area (Å²) in [7, 11) is 1.53. The highest BCUT2D eigenvalue weighted by atomic mass is 19.4. The van der Waals surface area contributed by atoms with Crippen molar-refractivity contribution in [3.8, 4) is 0 Å². The van der Waals surface area contributed by atoms with E-state index in [2.05, 4.69) is 6.58 Å². The van der Waals surface area contributed by atoms with Gasteiger partial charge in [0, 0.05) is 19.7 Å². The Labute approximate surface area is 89.1 Å². The van der Waals surface area contributed by atoms with E-state index in [0.717, 1.165) is 0 Å². The number of methoxy groups -OCH3 is 1. The summed E-state index contributed by atoms with van der Waals surface area (Å²) in [5, 5.41) is 0. The molecule has 0 aliphatic heterocycles. The maximum absolute atomic E-state index is 12.3. The Hall–Kier alpha value is -0.485. The molecule has 0 atom stereocenters. The molecule has 0 bridgehead atoms. The summed E-state index contributed by atoms with van der Waals surface area (Å²) in [5.41, 5.74) is -0.653. The molecule has 0 aliphatic carbocycles. The third kappa shape index (κ3) is 5.84. The topological polar surface area (TPSA) is 12.5 Å². The number of halogens is 3. The standard InChI is InChI=1S/C9H18BF3NO/c1-8(2)14(5-6-15-4)7-9(3)10(11,12)13/h8H,3,5-7H2,1-2,4H3/q-1. The highest BCUT2D eigenvalue weighted by molar-refractivity contribution is 6.66. The lowest BCUT2D eigenvalue weighted by Gasteiger charge is -2.30. The van der Waals surface area contributed by atoms with Gasteiger partial charge in [-0.1, -0.05) is 0 Å². The Kier molecular flexibility index (Phi) is 5.98. The second-order valence-electron chi connectivity index (χ2n) is 3.79. The monoisotopic (exact) mass is 224 g/mol. The number of nitrogens with zero attached hydrogens (tertiary/aromatic N) is 1. The summed E-state index contributed by atoms with van der Waals surface area (Å²) in [4.78, 5) is 1.70. The van der Waals surface area contributed by atoms with Crippen molar-refractivity contribution in [3.63, 3.8) is 0 Å². The first-order chi connectivity index (χ1) is 6.79. The molecule has 0 spiro atoms. The lowest BCUT2D eigenvalue weighted by Crippen LogP contribution is -2.39.